The number of nitrogens with zero attached hydrogens (tertiary/aromatic N) is 4. The topological polar surface area (TPSA) is 65.6 Å². The van der Waals surface area contributed by atoms with Gasteiger partial charge in [-0.2, -0.15) is 4.98 Å². The Hall–Kier alpha value is -3.32. The van der Waals surface area contributed by atoms with Crippen molar-refractivity contribution >= 4 is 28.8 Å². The number of nitrogens with one attached hydrogen (secondary N) is 2. The normalized spacial score (nSPS) is 14.5. The highest BCUT2D eigenvalue weighted by atomic mass is 16.5. The Balaban J connectivity index is 1.41. The van der Waals surface area contributed by atoms with Gasteiger partial charge in [0.1, 0.15) is 11.6 Å². The lowest BCUT2D eigenvalue weighted by Crippen LogP contribution is -2.44. The Morgan fingerprint density at radius 3 is 2.45 bits per heavy atom. The van der Waals surface area contributed by atoms with Crippen molar-refractivity contribution in [3.05, 3.63) is 60.8 Å². The number of anilines is 5. The quantitative estimate of drug-likeness (QED) is 0.665. The molecule has 150 valence electrons. The van der Waals surface area contributed by atoms with E-state index in [1.807, 2.05) is 30.3 Å². The molecule has 1 saturated heterocycles. The average Bonchev–Trinajstić information content (AvgIpc) is 2.75. The molecular weight excluding hydrogens is 364 g/mol. The minimum atomic E-state index is 0.525. The first-order valence-corrected chi connectivity index (χ1v) is 9.74. The molecule has 1 aliphatic rings. The molecule has 0 amide bonds. The third kappa shape index (κ3) is 4.94. The average molecular weight is 390 g/mol. The minimum Gasteiger partial charge on any atom is -0.497 e. The summed E-state index contributed by atoms with van der Waals surface area (Å²) in [6, 6.07) is 18.0. The van der Waals surface area contributed by atoms with E-state index in [1.54, 1.807) is 13.3 Å². The van der Waals surface area contributed by atoms with E-state index >= 15 is 0 Å². The zero-order chi connectivity index (χ0) is 20.1. The van der Waals surface area contributed by atoms with Crippen molar-refractivity contribution in [2.75, 3.05) is 55.9 Å². The molecule has 0 aliphatic carbocycles. The van der Waals surface area contributed by atoms with Gasteiger partial charge in [0.2, 0.25) is 5.95 Å². The van der Waals surface area contributed by atoms with E-state index in [0.29, 0.717) is 5.95 Å². The highest BCUT2D eigenvalue weighted by Gasteiger charge is 2.14. The summed E-state index contributed by atoms with van der Waals surface area (Å²) in [5.41, 5.74) is 3.12. The number of hydrogen-bond donors (Lipinski definition) is 2. The molecule has 1 aromatic heterocycles. The second-order valence-electron chi connectivity index (χ2n) is 7.08. The number of hydrogen-bond acceptors (Lipinski definition) is 7. The summed E-state index contributed by atoms with van der Waals surface area (Å²) in [5.74, 6) is 2.04. The SMILES string of the molecule is COc1cccc(Nc2nccc(Nc3ccc(N4CCN(C)CC4)cc3)n2)c1. The maximum Gasteiger partial charge on any atom is 0.229 e. The molecule has 7 nitrogen and oxygen atoms in total. The van der Waals surface area contributed by atoms with Crippen LogP contribution in [0.15, 0.2) is 60.8 Å². The Morgan fingerprint density at radius 2 is 1.69 bits per heavy atom. The van der Waals surface area contributed by atoms with Crippen LogP contribution in [0.3, 0.4) is 0 Å². The molecule has 0 spiro atoms. The standard InChI is InChI=1S/C22H26N6O/c1-27-12-14-28(15-13-27)19-8-6-17(7-9-19)24-21-10-11-23-22(26-21)25-18-4-3-5-20(16-18)29-2/h3-11,16H,12-15H2,1-2H3,(H2,23,24,25,26). The molecule has 2 heterocycles. The van der Waals surface area contributed by atoms with Crippen LogP contribution < -0.4 is 20.3 Å². The monoisotopic (exact) mass is 390 g/mol. The maximum absolute atomic E-state index is 5.25. The Labute approximate surface area is 171 Å². The minimum absolute atomic E-state index is 0.525. The molecule has 1 fully saturated rings. The molecule has 7 heteroatoms. The van der Waals surface area contributed by atoms with Gasteiger partial charge < -0.3 is 25.2 Å². The van der Waals surface area contributed by atoms with Crippen LogP contribution in [0.2, 0.25) is 0 Å². The Morgan fingerprint density at radius 1 is 0.897 bits per heavy atom. The number of piperazine rings is 1. The lowest BCUT2D eigenvalue weighted by atomic mass is 10.2. The molecule has 2 aromatic carbocycles. The highest BCUT2D eigenvalue weighted by Crippen LogP contribution is 2.23. The van der Waals surface area contributed by atoms with Crippen LogP contribution in [-0.2, 0) is 0 Å². The molecule has 29 heavy (non-hydrogen) atoms. The number of methoxy groups -OCH3 is 1. The van der Waals surface area contributed by atoms with E-state index < -0.39 is 0 Å². The van der Waals surface area contributed by atoms with E-state index in [1.165, 1.54) is 5.69 Å². The van der Waals surface area contributed by atoms with Crippen molar-refractivity contribution in [1.29, 1.82) is 0 Å². The first-order valence-electron chi connectivity index (χ1n) is 9.74. The van der Waals surface area contributed by atoms with E-state index in [2.05, 4.69) is 61.7 Å². The fraction of sp³-hybridized carbons (Fsp3) is 0.273. The number of ether oxygens (including phenoxy) is 1. The first-order chi connectivity index (χ1) is 14.2. The maximum atomic E-state index is 5.25. The zero-order valence-electron chi connectivity index (χ0n) is 16.8. The van der Waals surface area contributed by atoms with Crippen molar-refractivity contribution in [1.82, 2.24) is 14.9 Å². The second-order valence-corrected chi connectivity index (χ2v) is 7.08. The summed E-state index contributed by atoms with van der Waals surface area (Å²) in [5, 5.41) is 6.55. The summed E-state index contributed by atoms with van der Waals surface area (Å²) in [7, 11) is 3.82. The molecule has 0 saturated carbocycles. The third-order valence-electron chi connectivity index (χ3n) is 4.99. The van der Waals surface area contributed by atoms with Gasteiger partial charge in [-0.15, -0.1) is 0 Å². The van der Waals surface area contributed by atoms with E-state index in [0.717, 1.165) is 49.1 Å². The second kappa shape index (κ2) is 8.79. The van der Waals surface area contributed by atoms with Crippen LogP contribution in [0.4, 0.5) is 28.8 Å². The summed E-state index contributed by atoms with van der Waals surface area (Å²) >= 11 is 0. The predicted molar refractivity (Wildman–Crippen MR) is 118 cm³/mol. The van der Waals surface area contributed by atoms with Gasteiger partial charge in [0.05, 0.1) is 7.11 Å². The van der Waals surface area contributed by atoms with Crippen LogP contribution in [0.1, 0.15) is 0 Å². The smallest absolute Gasteiger partial charge is 0.229 e. The van der Waals surface area contributed by atoms with Crippen molar-refractivity contribution in [2.24, 2.45) is 0 Å². The van der Waals surface area contributed by atoms with Gasteiger partial charge in [0.25, 0.3) is 0 Å². The van der Waals surface area contributed by atoms with E-state index in [4.69, 9.17) is 4.74 Å². The van der Waals surface area contributed by atoms with Gasteiger partial charge in [-0.1, -0.05) is 6.07 Å². The lowest BCUT2D eigenvalue weighted by Gasteiger charge is -2.34. The molecule has 1 aliphatic heterocycles. The fourth-order valence-electron chi connectivity index (χ4n) is 3.29. The molecule has 4 rings (SSSR count). The summed E-state index contributed by atoms with van der Waals surface area (Å²) in [4.78, 5) is 13.6. The van der Waals surface area contributed by atoms with E-state index in [-0.39, 0.29) is 0 Å². The number of rotatable bonds is 6. The molecule has 3 aromatic rings. The highest BCUT2D eigenvalue weighted by molar-refractivity contribution is 5.62. The summed E-state index contributed by atoms with van der Waals surface area (Å²) < 4.78 is 5.25. The summed E-state index contributed by atoms with van der Waals surface area (Å²) in [6.45, 7) is 4.33. The van der Waals surface area contributed by atoms with Crippen LogP contribution in [-0.4, -0.2) is 55.2 Å². The number of benzene rings is 2. The molecule has 0 bridgehead atoms. The predicted octanol–water partition coefficient (Wildman–Crippen LogP) is 3.72. The fourth-order valence-corrected chi connectivity index (χ4v) is 3.29. The van der Waals surface area contributed by atoms with Crippen LogP contribution in [0, 0.1) is 0 Å². The van der Waals surface area contributed by atoms with Crippen molar-refractivity contribution < 1.29 is 4.74 Å². The van der Waals surface area contributed by atoms with Gasteiger partial charge in [-0.3, -0.25) is 0 Å². The van der Waals surface area contributed by atoms with Crippen molar-refractivity contribution in [2.45, 2.75) is 0 Å². The van der Waals surface area contributed by atoms with Gasteiger partial charge in [-0.05, 0) is 49.5 Å². The largest absolute Gasteiger partial charge is 0.497 e. The Bertz CT molecular complexity index is 938. The third-order valence-corrected chi connectivity index (χ3v) is 4.99. The molecule has 0 atom stereocenters. The van der Waals surface area contributed by atoms with Gasteiger partial charge >= 0.3 is 0 Å². The molecule has 2 N–H and O–H groups in total. The van der Waals surface area contributed by atoms with Crippen molar-refractivity contribution in [3.8, 4) is 5.75 Å². The van der Waals surface area contributed by atoms with Gasteiger partial charge in [-0.25, -0.2) is 4.98 Å². The van der Waals surface area contributed by atoms with Crippen molar-refractivity contribution in [3.63, 3.8) is 0 Å². The van der Waals surface area contributed by atoms with Crippen LogP contribution in [0.25, 0.3) is 0 Å². The lowest BCUT2D eigenvalue weighted by molar-refractivity contribution is 0.313. The number of aromatic nitrogens is 2. The van der Waals surface area contributed by atoms with Gasteiger partial charge in [0, 0.05) is 55.5 Å². The zero-order valence-corrected chi connectivity index (χ0v) is 16.8. The van der Waals surface area contributed by atoms with Crippen LogP contribution >= 0.6 is 0 Å². The summed E-state index contributed by atoms with van der Waals surface area (Å²) in [6.07, 6.45) is 1.73. The first kappa shape index (κ1) is 19.0. The Kier molecular flexibility index (Phi) is 5.76. The molecule has 0 radical (unpaired) electrons. The van der Waals surface area contributed by atoms with Crippen LogP contribution in [0.5, 0.6) is 5.75 Å². The molecular formula is C22H26N6O. The van der Waals surface area contributed by atoms with Gasteiger partial charge in [0.15, 0.2) is 0 Å². The molecule has 0 unspecified atom stereocenters. The number of likely N-dealkylation sites (N-methyl/N-ethyl adjacent to an activating group) is 1. The van der Waals surface area contributed by atoms with E-state index in [9.17, 15) is 0 Å².